The van der Waals surface area contributed by atoms with E-state index in [9.17, 15) is 40.5 Å². The topological polar surface area (TPSA) is 602 Å². The molecule has 45 heteroatoms. The molecule has 15 atom stereocenters. The average Bonchev–Trinajstić information content (AvgIpc) is 1.58. The lowest BCUT2D eigenvalue weighted by Gasteiger charge is -2.14. The van der Waals surface area contributed by atoms with Gasteiger partial charge in [-0.3, -0.25) is 41.4 Å². The number of aliphatic hydroxyl groups is 10. The largest absolute Gasteiger partial charge is 0.394 e. The van der Waals surface area contributed by atoms with Crippen molar-refractivity contribution >= 4 is 127 Å². The van der Waals surface area contributed by atoms with Gasteiger partial charge in [-0.2, -0.15) is 15.0 Å². The van der Waals surface area contributed by atoms with Crippen molar-refractivity contribution in [2.45, 2.75) is 134 Å². The summed E-state index contributed by atoms with van der Waals surface area (Å²) in [6.07, 6.45) is 11.6. The van der Waals surface area contributed by atoms with Gasteiger partial charge in [-0.15, -0.1) is 23.5 Å². The number of H-pyrrole nitrogens is 2. The Labute approximate surface area is 579 Å². The summed E-state index contributed by atoms with van der Waals surface area (Å²) < 4.78 is 40.6. The van der Waals surface area contributed by atoms with Crippen LogP contribution in [-0.2, 0) is 23.7 Å². The SMILES string of the molecule is CSc1nc(N)nc2c1ncn2C1CC(O)C(CO)O1.CSc1nc2nccn2c2c1ncn2C1CC(O)C(CO)O1.Nc1nc(=S)c2ncn(C3CC(O)C(CO)O3)c2[nH]1.Nc1nc2c(ncn2C2CC(O)C(CO)O2)c(=O)[nH]1.Nc1nc2nccn2c2c1ncn2C1CC(O)C(CO)O1. The number of hydrogen-bond donors (Lipinski definition) is 16. The number of nitrogens with two attached hydrogens (primary N) is 4. The zero-order valence-electron chi connectivity index (χ0n) is 53.3. The molecule has 17 heterocycles. The highest BCUT2D eigenvalue weighted by Crippen LogP contribution is 2.38. The Morgan fingerprint density at radius 3 is 1.34 bits per heavy atom. The molecule has 538 valence electrons. The third-order valence-corrected chi connectivity index (χ3v) is 18.9. The molecule has 0 aromatic carbocycles. The molecular formula is C56H70N26O16S3. The van der Waals surface area contributed by atoms with E-state index in [0.29, 0.717) is 86.2 Å². The van der Waals surface area contributed by atoms with Gasteiger partial charge in [0.1, 0.15) is 99.4 Å². The van der Waals surface area contributed by atoms with Gasteiger partial charge in [0.15, 0.2) is 44.5 Å². The first-order valence-electron chi connectivity index (χ1n) is 31.1. The summed E-state index contributed by atoms with van der Waals surface area (Å²) in [5.74, 6) is 1.70. The number of thioether (sulfide) groups is 2. The number of aliphatic hydroxyl groups excluding tert-OH is 10. The molecule has 12 aromatic heterocycles. The van der Waals surface area contributed by atoms with Crippen molar-refractivity contribution in [3.8, 4) is 0 Å². The van der Waals surface area contributed by atoms with Crippen LogP contribution in [0.25, 0.3) is 67.4 Å². The molecule has 0 radical (unpaired) electrons. The normalized spacial score (nSPS) is 26.4. The number of nitrogens with one attached hydrogen (secondary N) is 2. The number of nitrogen functional groups attached to an aromatic ring is 4. The zero-order chi connectivity index (χ0) is 71.2. The molecule has 101 heavy (non-hydrogen) atoms. The Bertz CT molecular complexity index is 4930. The smallest absolute Gasteiger partial charge is 0.280 e. The molecular weight excluding hydrogens is 1390 g/mol. The van der Waals surface area contributed by atoms with Crippen LogP contribution in [0.1, 0.15) is 63.2 Å². The first kappa shape index (κ1) is 70.6. The predicted octanol–water partition coefficient (Wildman–Crippen LogP) is -2.43. The van der Waals surface area contributed by atoms with Gasteiger partial charge < -0.3 is 103 Å². The maximum atomic E-state index is 11.6. The second kappa shape index (κ2) is 29.6. The Kier molecular flexibility index (Phi) is 20.7. The first-order chi connectivity index (χ1) is 48.7. The summed E-state index contributed by atoms with van der Waals surface area (Å²) in [6.45, 7) is -1.17. The molecule has 0 spiro atoms. The van der Waals surface area contributed by atoms with E-state index in [4.69, 9.17) is 74.2 Å². The molecule has 0 saturated carbocycles. The van der Waals surface area contributed by atoms with Crippen LogP contribution in [0.4, 0.5) is 23.7 Å². The molecule has 17 rings (SSSR count). The second-order valence-corrected chi connectivity index (χ2v) is 25.5. The average molecular weight is 1460 g/mol. The number of aromatic amines is 2. The Balaban J connectivity index is 0.000000113. The van der Waals surface area contributed by atoms with Gasteiger partial charge in [0.25, 0.3) is 5.56 Å². The number of fused-ring (bicyclic) bond motifs is 9. The lowest BCUT2D eigenvalue weighted by atomic mass is 10.2. The summed E-state index contributed by atoms with van der Waals surface area (Å²) in [5.41, 5.74) is 27.9. The molecule has 0 aliphatic carbocycles. The quantitative estimate of drug-likeness (QED) is 0.0343. The van der Waals surface area contributed by atoms with Gasteiger partial charge in [0.05, 0.1) is 95.2 Å². The highest BCUT2D eigenvalue weighted by atomic mass is 32.2. The minimum absolute atomic E-state index is 0.0171. The van der Waals surface area contributed by atoms with Crippen molar-refractivity contribution in [1.82, 2.24) is 106 Å². The summed E-state index contributed by atoms with van der Waals surface area (Å²) in [4.78, 5) is 71.3. The lowest BCUT2D eigenvalue weighted by Crippen LogP contribution is -2.24. The van der Waals surface area contributed by atoms with E-state index in [1.807, 2.05) is 27.7 Å². The van der Waals surface area contributed by atoms with Crippen molar-refractivity contribution < 1.29 is 74.7 Å². The van der Waals surface area contributed by atoms with E-state index in [-0.39, 0.29) is 74.7 Å². The van der Waals surface area contributed by atoms with Crippen LogP contribution in [0.3, 0.4) is 0 Å². The van der Waals surface area contributed by atoms with E-state index < -0.39 is 91.5 Å². The number of imidazole rings is 7. The first-order valence-corrected chi connectivity index (χ1v) is 34.0. The molecule has 15 unspecified atom stereocenters. The Morgan fingerprint density at radius 2 is 0.851 bits per heavy atom. The van der Waals surface area contributed by atoms with Gasteiger partial charge in [0.2, 0.25) is 23.5 Å². The molecule has 5 aliphatic heterocycles. The van der Waals surface area contributed by atoms with Crippen molar-refractivity contribution in [3.63, 3.8) is 0 Å². The Hall–Kier alpha value is -8.85. The molecule has 5 saturated heterocycles. The number of rotatable bonds is 12. The van der Waals surface area contributed by atoms with Crippen molar-refractivity contribution in [2.75, 3.05) is 68.5 Å². The summed E-state index contributed by atoms with van der Waals surface area (Å²) in [5, 5.41) is 96.3. The maximum Gasteiger partial charge on any atom is 0.280 e. The maximum absolute atomic E-state index is 11.6. The standard InChI is InChI=1S/C13H15N5O3S.C12H14N6O3.C11H15N5O3S.C10H13N5O4.C10H13N5O3S/c1-22-11-10-12(17-3-2-14-13(17)16-11)18(6-15-10)9-4-7(20)8(5-19)21-9;13-10-9-11(17-2-1-14-12(17)16-10)18(5-15-9)8-3-6(20)7(4-19)21-8;1-20-10-8-9(14-11(12)15-10)16(4-13-8)7-2-5(18)6(3-17)19-7;11-10-13-8-7(9(18)14-10)12-3-15(8)6-1-4(17)5(2-16)19-6;11-10-13-8-7(9(19)14-10)12-3-15(8)6-1-4(17)5(2-16)18-6/h2-3,6-9,19-20H,4-5H2,1H3;1-2,5-8,19-20H,3-4H2,(H2,13,14,16);4-7,17-18H,2-3H2,1H3,(H2,12,14,15);3-6,16-17H,1-2H2,(H3,11,13,14,18);3-6,16-17H,1-2H2,(H3,11,13,14,19). The van der Waals surface area contributed by atoms with E-state index >= 15 is 0 Å². The van der Waals surface area contributed by atoms with Gasteiger partial charge in [-0.1, -0.05) is 12.2 Å². The number of ether oxygens (including phenoxy) is 5. The Morgan fingerprint density at radius 1 is 0.465 bits per heavy atom. The third kappa shape index (κ3) is 13.7. The number of aromatic nitrogens is 22. The molecule has 0 amide bonds. The van der Waals surface area contributed by atoms with Crippen LogP contribution >= 0.6 is 35.7 Å². The van der Waals surface area contributed by atoms with E-state index in [1.54, 1.807) is 62.0 Å². The summed E-state index contributed by atoms with van der Waals surface area (Å²) >= 11 is 8.03. The molecule has 5 aliphatic rings. The zero-order valence-corrected chi connectivity index (χ0v) is 55.8. The van der Waals surface area contributed by atoms with E-state index in [2.05, 4.69) is 74.8 Å². The van der Waals surface area contributed by atoms with Crippen LogP contribution in [0, 0.1) is 4.64 Å². The van der Waals surface area contributed by atoms with Crippen molar-refractivity contribution in [1.29, 1.82) is 0 Å². The van der Waals surface area contributed by atoms with Crippen LogP contribution in [0.15, 0.2) is 71.3 Å². The molecule has 12 aromatic rings. The molecule has 0 bridgehead atoms. The fraction of sp³-hybridized carbons (Fsp3) is 0.482. The summed E-state index contributed by atoms with van der Waals surface area (Å²) in [6, 6.07) is 0. The van der Waals surface area contributed by atoms with Gasteiger partial charge in [-0.05, 0) is 12.5 Å². The van der Waals surface area contributed by atoms with Crippen molar-refractivity contribution in [3.05, 3.63) is 71.4 Å². The van der Waals surface area contributed by atoms with Crippen LogP contribution < -0.4 is 28.5 Å². The fourth-order valence-electron chi connectivity index (χ4n) is 12.3. The highest BCUT2D eigenvalue weighted by molar-refractivity contribution is 7.99. The van der Waals surface area contributed by atoms with Gasteiger partial charge >= 0.3 is 0 Å². The number of hydrogen-bond acceptors (Lipinski definition) is 36. The van der Waals surface area contributed by atoms with Crippen LogP contribution in [-0.4, -0.2) is 264 Å². The summed E-state index contributed by atoms with van der Waals surface area (Å²) in [7, 11) is 0. The second-order valence-electron chi connectivity index (χ2n) is 23.5. The minimum atomic E-state index is -0.771. The predicted molar refractivity (Wildman–Crippen MR) is 358 cm³/mol. The fourth-order valence-corrected chi connectivity index (χ4v) is 13.6. The molecule has 42 nitrogen and oxygen atoms in total. The van der Waals surface area contributed by atoms with Crippen LogP contribution in [0.5, 0.6) is 0 Å². The van der Waals surface area contributed by atoms with Crippen molar-refractivity contribution in [2.24, 2.45) is 0 Å². The molecule has 20 N–H and O–H groups in total. The van der Waals surface area contributed by atoms with Crippen LogP contribution in [0.2, 0.25) is 0 Å². The lowest BCUT2D eigenvalue weighted by molar-refractivity contribution is -0.0432. The van der Waals surface area contributed by atoms with Gasteiger partial charge in [0, 0.05) is 56.9 Å². The molecule has 5 fully saturated rings. The van der Waals surface area contributed by atoms with E-state index in [0.717, 1.165) is 16.2 Å². The monoisotopic (exact) mass is 1460 g/mol. The van der Waals surface area contributed by atoms with E-state index in [1.165, 1.54) is 34.4 Å². The minimum Gasteiger partial charge on any atom is -0.394 e. The number of nitrogens with zero attached hydrogens (tertiary/aromatic N) is 20. The third-order valence-electron chi connectivity index (χ3n) is 17.3. The number of anilines is 4. The highest BCUT2D eigenvalue weighted by Gasteiger charge is 2.40. The van der Waals surface area contributed by atoms with Gasteiger partial charge in [-0.25, -0.2) is 49.8 Å².